The van der Waals surface area contributed by atoms with Crippen molar-refractivity contribution < 1.29 is 9.47 Å². The first-order chi connectivity index (χ1) is 8.72. The smallest absolute Gasteiger partial charge is 0.207 e. The number of halogens is 1. The molecular formula is C11H8ClN3O2S. The monoisotopic (exact) mass is 281 g/mol. The fourth-order valence-electron chi connectivity index (χ4n) is 1.29. The Morgan fingerprint density at radius 2 is 2.22 bits per heavy atom. The van der Waals surface area contributed by atoms with Gasteiger partial charge < -0.3 is 9.47 Å². The van der Waals surface area contributed by atoms with Crippen LogP contribution in [0.2, 0.25) is 4.47 Å². The van der Waals surface area contributed by atoms with Gasteiger partial charge in [-0.3, -0.25) is 0 Å². The summed E-state index contributed by atoms with van der Waals surface area (Å²) in [5.41, 5.74) is 0.512. The summed E-state index contributed by atoms with van der Waals surface area (Å²) in [6.07, 6.45) is 0. The summed E-state index contributed by atoms with van der Waals surface area (Å²) in [5, 5.41) is 17.0. The van der Waals surface area contributed by atoms with Crippen molar-refractivity contribution in [1.82, 2.24) is 10.2 Å². The van der Waals surface area contributed by atoms with Gasteiger partial charge in [-0.1, -0.05) is 11.3 Å². The van der Waals surface area contributed by atoms with Crippen molar-refractivity contribution in [3.05, 3.63) is 33.2 Å². The van der Waals surface area contributed by atoms with Gasteiger partial charge >= 0.3 is 0 Å². The van der Waals surface area contributed by atoms with Crippen LogP contribution in [0.25, 0.3) is 0 Å². The van der Waals surface area contributed by atoms with Gasteiger partial charge in [-0.25, -0.2) is 0 Å². The second-order valence-electron chi connectivity index (χ2n) is 3.21. The van der Waals surface area contributed by atoms with Crippen molar-refractivity contribution >= 4 is 22.9 Å². The van der Waals surface area contributed by atoms with Crippen LogP contribution < -0.4 is 9.47 Å². The molecule has 1 aromatic carbocycles. The molecular weight excluding hydrogens is 274 g/mol. The van der Waals surface area contributed by atoms with Gasteiger partial charge in [0, 0.05) is 6.07 Å². The highest BCUT2D eigenvalue weighted by atomic mass is 35.5. The molecule has 0 radical (unpaired) electrons. The van der Waals surface area contributed by atoms with E-state index in [1.54, 1.807) is 18.2 Å². The number of rotatable bonds is 4. The van der Waals surface area contributed by atoms with Crippen molar-refractivity contribution in [2.24, 2.45) is 0 Å². The van der Waals surface area contributed by atoms with Gasteiger partial charge in [-0.05, 0) is 23.7 Å². The molecule has 1 aromatic heterocycles. The van der Waals surface area contributed by atoms with Crippen LogP contribution in [-0.2, 0) is 6.61 Å². The predicted molar refractivity (Wildman–Crippen MR) is 67.0 cm³/mol. The van der Waals surface area contributed by atoms with E-state index in [4.69, 9.17) is 26.3 Å². The zero-order chi connectivity index (χ0) is 13.0. The number of hydrogen-bond acceptors (Lipinski definition) is 6. The van der Waals surface area contributed by atoms with Crippen molar-refractivity contribution in [1.29, 1.82) is 5.26 Å². The average Bonchev–Trinajstić information content (AvgIpc) is 2.82. The topological polar surface area (TPSA) is 68.0 Å². The quantitative estimate of drug-likeness (QED) is 0.862. The van der Waals surface area contributed by atoms with E-state index in [2.05, 4.69) is 10.2 Å². The third-order valence-corrected chi connectivity index (χ3v) is 3.08. The third-order valence-electron chi connectivity index (χ3n) is 2.09. The Morgan fingerprint density at radius 3 is 2.83 bits per heavy atom. The second kappa shape index (κ2) is 5.67. The Hall–Kier alpha value is -1.84. The number of hydrogen-bond donors (Lipinski definition) is 0. The van der Waals surface area contributed by atoms with E-state index in [0.29, 0.717) is 26.5 Å². The van der Waals surface area contributed by atoms with Crippen molar-refractivity contribution in [2.75, 3.05) is 7.11 Å². The van der Waals surface area contributed by atoms with Crippen molar-refractivity contribution in [3.8, 4) is 17.6 Å². The van der Waals surface area contributed by atoms with Crippen LogP contribution >= 0.6 is 22.9 Å². The summed E-state index contributed by atoms with van der Waals surface area (Å²) in [6, 6.07) is 6.98. The molecule has 92 valence electrons. The maximum Gasteiger partial charge on any atom is 0.207 e. The predicted octanol–water partition coefficient (Wildman–Crippen LogP) is 2.65. The van der Waals surface area contributed by atoms with Gasteiger partial charge in [0.2, 0.25) is 4.47 Å². The summed E-state index contributed by atoms with van der Waals surface area (Å²) < 4.78 is 11.1. The van der Waals surface area contributed by atoms with E-state index in [1.807, 2.05) is 6.07 Å². The standard InChI is InChI=1S/C11H8ClN3O2S/c1-16-9-4-7(5-13)2-3-8(9)17-6-10-14-15-11(12)18-10/h2-4H,6H2,1H3. The zero-order valence-corrected chi connectivity index (χ0v) is 11.0. The van der Waals surface area contributed by atoms with Crippen LogP contribution in [0.1, 0.15) is 10.6 Å². The molecule has 0 saturated heterocycles. The Kier molecular flexibility index (Phi) is 3.97. The lowest BCUT2D eigenvalue weighted by molar-refractivity contribution is 0.283. The Labute approximate surface area is 113 Å². The molecule has 0 spiro atoms. The molecule has 0 N–H and O–H groups in total. The molecule has 7 heteroatoms. The first-order valence-corrected chi connectivity index (χ1v) is 6.11. The molecule has 0 aliphatic rings. The van der Waals surface area contributed by atoms with Crippen LogP contribution in [0.15, 0.2) is 18.2 Å². The Morgan fingerprint density at radius 1 is 1.39 bits per heavy atom. The molecule has 0 saturated carbocycles. The molecule has 0 bridgehead atoms. The van der Waals surface area contributed by atoms with Crippen molar-refractivity contribution in [3.63, 3.8) is 0 Å². The number of benzene rings is 1. The van der Waals surface area contributed by atoms with E-state index >= 15 is 0 Å². The average molecular weight is 282 g/mol. The molecule has 2 rings (SSSR count). The lowest BCUT2D eigenvalue weighted by Crippen LogP contribution is -1.97. The molecule has 0 aliphatic heterocycles. The van der Waals surface area contributed by atoms with Crippen LogP contribution in [-0.4, -0.2) is 17.3 Å². The first kappa shape index (κ1) is 12.6. The molecule has 0 atom stereocenters. The maximum absolute atomic E-state index is 8.78. The second-order valence-corrected chi connectivity index (χ2v) is 4.86. The maximum atomic E-state index is 8.78. The van der Waals surface area contributed by atoms with Gasteiger partial charge in [0.1, 0.15) is 6.61 Å². The van der Waals surface area contributed by atoms with Gasteiger partial charge in [0.15, 0.2) is 16.5 Å². The minimum Gasteiger partial charge on any atom is -0.493 e. The molecule has 0 amide bonds. The Balaban J connectivity index is 2.12. The van der Waals surface area contributed by atoms with E-state index in [-0.39, 0.29) is 6.61 Å². The van der Waals surface area contributed by atoms with Gasteiger partial charge in [0.05, 0.1) is 18.7 Å². The number of nitrogens with zero attached hydrogens (tertiary/aromatic N) is 3. The third kappa shape index (κ3) is 2.88. The van der Waals surface area contributed by atoms with Crippen LogP contribution in [0.3, 0.4) is 0 Å². The van der Waals surface area contributed by atoms with Crippen LogP contribution in [0, 0.1) is 11.3 Å². The molecule has 2 aromatic rings. The van der Waals surface area contributed by atoms with Gasteiger partial charge in [-0.15, -0.1) is 10.2 Å². The summed E-state index contributed by atoms with van der Waals surface area (Å²) in [4.78, 5) is 0. The fourth-order valence-corrected chi connectivity index (χ4v) is 2.07. The lowest BCUT2D eigenvalue weighted by atomic mass is 10.2. The summed E-state index contributed by atoms with van der Waals surface area (Å²) >= 11 is 6.92. The number of nitriles is 1. The SMILES string of the molecule is COc1cc(C#N)ccc1OCc1nnc(Cl)s1. The normalized spacial score (nSPS) is 9.83. The molecule has 18 heavy (non-hydrogen) atoms. The van der Waals surface area contributed by atoms with E-state index in [1.165, 1.54) is 18.4 Å². The Bertz CT molecular complexity index is 594. The number of methoxy groups -OCH3 is 1. The highest BCUT2D eigenvalue weighted by Crippen LogP contribution is 2.29. The van der Waals surface area contributed by atoms with Gasteiger partial charge in [-0.2, -0.15) is 5.26 Å². The van der Waals surface area contributed by atoms with Crippen LogP contribution in [0.4, 0.5) is 0 Å². The zero-order valence-electron chi connectivity index (χ0n) is 9.38. The largest absolute Gasteiger partial charge is 0.493 e. The molecule has 0 fully saturated rings. The van der Waals surface area contributed by atoms with Gasteiger partial charge in [0.25, 0.3) is 0 Å². The fraction of sp³-hybridized carbons (Fsp3) is 0.182. The minimum absolute atomic E-state index is 0.257. The number of ether oxygens (including phenoxy) is 2. The van der Waals surface area contributed by atoms with E-state index in [9.17, 15) is 0 Å². The lowest BCUT2D eigenvalue weighted by Gasteiger charge is -2.09. The van der Waals surface area contributed by atoms with Crippen molar-refractivity contribution in [2.45, 2.75) is 6.61 Å². The van der Waals surface area contributed by atoms with E-state index in [0.717, 1.165) is 0 Å². The first-order valence-electron chi connectivity index (χ1n) is 4.91. The summed E-state index contributed by atoms with van der Waals surface area (Å²) in [5.74, 6) is 1.05. The molecule has 5 nitrogen and oxygen atoms in total. The molecule has 0 aliphatic carbocycles. The summed E-state index contributed by atoms with van der Waals surface area (Å²) in [7, 11) is 1.52. The summed E-state index contributed by atoms with van der Waals surface area (Å²) in [6.45, 7) is 0.257. The molecule has 1 heterocycles. The highest BCUT2D eigenvalue weighted by Gasteiger charge is 2.08. The number of aromatic nitrogens is 2. The molecule has 0 unspecified atom stereocenters. The minimum atomic E-state index is 0.257. The van der Waals surface area contributed by atoms with Crippen LogP contribution in [0.5, 0.6) is 11.5 Å². The highest BCUT2D eigenvalue weighted by molar-refractivity contribution is 7.15. The van der Waals surface area contributed by atoms with E-state index < -0.39 is 0 Å².